The number of hydrogen-bond donors (Lipinski definition) is 1. The van der Waals surface area contributed by atoms with Crippen molar-refractivity contribution in [3.8, 4) is 5.69 Å². The Morgan fingerprint density at radius 3 is 2.32 bits per heavy atom. The molecule has 2 aromatic rings. The monoisotopic (exact) mass is 342 g/mol. The van der Waals surface area contributed by atoms with Gasteiger partial charge in [0.05, 0.1) is 22.6 Å². The van der Waals surface area contributed by atoms with Crippen LogP contribution >= 0.6 is 0 Å². The summed E-state index contributed by atoms with van der Waals surface area (Å²) in [6.07, 6.45) is 1.58. The Hall–Kier alpha value is -2.83. The molecule has 0 aliphatic carbocycles. The average molecular weight is 342 g/mol. The van der Waals surface area contributed by atoms with Gasteiger partial charge in [0.25, 0.3) is 0 Å². The predicted molar refractivity (Wildman–Crippen MR) is 93.8 cm³/mol. The first-order chi connectivity index (χ1) is 11.5. The second kappa shape index (κ2) is 5.34. The van der Waals surface area contributed by atoms with Crippen molar-refractivity contribution in [1.29, 1.82) is 0 Å². The molecule has 2 N–H and O–H groups in total. The third-order valence-electron chi connectivity index (χ3n) is 4.10. The smallest absolute Gasteiger partial charge is 0.359 e. The zero-order chi connectivity index (χ0) is 18.6. The average Bonchev–Trinajstić information content (AvgIpc) is 2.91. The van der Waals surface area contributed by atoms with Crippen LogP contribution in [0.5, 0.6) is 0 Å². The molecule has 7 nitrogen and oxygen atoms in total. The highest BCUT2D eigenvalue weighted by Crippen LogP contribution is 2.43. The van der Waals surface area contributed by atoms with E-state index in [1.54, 1.807) is 27.1 Å². The molecule has 0 unspecified atom stereocenters. The van der Waals surface area contributed by atoms with Gasteiger partial charge in [-0.15, -0.1) is 0 Å². The molecule has 0 saturated heterocycles. The number of rotatable bonds is 1. The lowest BCUT2D eigenvalue weighted by atomic mass is 9.92. The first-order valence-electron chi connectivity index (χ1n) is 8.04. The minimum atomic E-state index is -0.872. The topological polar surface area (TPSA) is 90.4 Å². The number of ether oxygens (including phenoxy) is 1. The van der Waals surface area contributed by atoms with Gasteiger partial charge in [-0.1, -0.05) is 12.1 Å². The molecule has 1 aliphatic rings. The number of hydrogen-bond acceptors (Lipinski definition) is 4. The predicted octanol–water partition coefficient (Wildman–Crippen LogP) is 2.96. The number of urea groups is 1. The molecule has 0 radical (unpaired) electrons. The highest BCUT2D eigenvalue weighted by atomic mass is 16.6. The Bertz CT molecular complexity index is 861. The van der Waals surface area contributed by atoms with Gasteiger partial charge in [0, 0.05) is 0 Å². The molecule has 1 aliphatic heterocycles. The molecule has 7 heteroatoms. The lowest BCUT2D eigenvalue weighted by molar-refractivity contribution is 0.00601. The van der Waals surface area contributed by atoms with Gasteiger partial charge in [-0.3, -0.25) is 9.47 Å². The van der Waals surface area contributed by atoms with Gasteiger partial charge in [-0.05, 0) is 46.8 Å². The van der Waals surface area contributed by atoms with Gasteiger partial charge < -0.3 is 10.5 Å². The van der Waals surface area contributed by atoms with E-state index in [2.05, 4.69) is 4.98 Å². The molecule has 25 heavy (non-hydrogen) atoms. The van der Waals surface area contributed by atoms with Gasteiger partial charge in [0.1, 0.15) is 11.9 Å². The third-order valence-corrected chi connectivity index (χ3v) is 4.10. The molecule has 0 bridgehead atoms. The normalized spacial score (nSPS) is 15.3. The van der Waals surface area contributed by atoms with Crippen LogP contribution in [0.4, 0.5) is 10.5 Å². The first kappa shape index (κ1) is 17.0. The van der Waals surface area contributed by atoms with Crippen LogP contribution in [0, 0.1) is 0 Å². The highest BCUT2D eigenvalue weighted by molar-refractivity contribution is 5.98. The molecular formula is C18H22N4O3. The van der Waals surface area contributed by atoms with E-state index >= 15 is 0 Å². The zero-order valence-electron chi connectivity index (χ0n) is 15.0. The Labute approximate surface area is 146 Å². The van der Waals surface area contributed by atoms with Crippen molar-refractivity contribution in [3.63, 3.8) is 0 Å². The zero-order valence-corrected chi connectivity index (χ0v) is 15.0. The fourth-order valence-electron chi connectivity index (χ4n) is 3.25. The Morgan fingerprint density at radius 1 is 1.16 bits per heavy atom. The standard InChI is InChI=1S/C18H22N4O3/c1-17(2,3)25-15(23)13-14-18(4,5)22(16(19)24)12-9-7-6-8-11(12)21(14)10-20-13/h6-10H,1-5H3,(H2,19,24). The summed E-state index contributed by atoms with van der Waals surface area (Å²) in [7, 11) is 0. The van der Waals surface area contributed by atoms with Crippen LogP contribution in [0.15, 0.2) is 30.6 Å². The summed E-state index contributed by atoms with van der Waals surface area (Å²) in [6.45, 7) is 9.04. The number of para-hydroxylation sites is 2. The van der Waals surface area contributed by atoms with Crippen LogP contribution in [-0.2, 0) is 10.3 Å². The number of esters is 1. The lowest BCUT2D eigenvalue weighted by Crippen LogP contribution is -2.52. The van der Waals surface area contributed by atoms with E-state index in [1.165, 1.54) is 4.90 Å². The summed E-state index contributed by atoms with van der Waals surface area (Å²) in [5.41, 5.74) is 6.29. The SMILES string of the molecule is CC(C)(C)OC(=O)c1ncn2c1C(C)(C)N(C(N)=O)c1ccccc1-2. The molecule has 2 heterocycles. The summed E-state index contributed by atoms with van der Waals surface area (Å²) in [5.74, 6) is -0.530. The Balaban J connectivity index is 2.23. The Kier molecular flexibility index (Phi) is 3.63. The molecule has 2 amide bonds. The van der Waals surface area contributed by atoms with Crippen molar-refractivity contribution in [2.75, 3.05) is 4.90 Å². The number of imidazole rings is 1. The second-order valence-electron chi connectivity index (χ2n) is 7.54. The first-order valence-corrected chi connectivity index (χ1v) is 8.04. The van der Waals surface area contributed by atoms with Crippen LogP contribution < -0.4 is 10.6 Å². The van der Waals surface area contributed by atoms with E-state index in [-0.39, 0.29) is 5.69 Å². The van der Waals surface area contributed by atoms with E-state index in [9.17, 15) is 9.59 Å². The van der Waals surface area contributed by atoms with Crippen molar-refractivity contribution in [1.82, 2.24) is 9.55 Å². The number of nitrogens with two attached hydrogens (primary N) is 1. The van der Waals surface area contributed by atoms with E-state index in [0.29, 0.717) is 11.4 Å². The number of amides is 2. The third kappa shape index (κ3) is 2.65. The number of carbonyl (C=O) groups is 2. The highest BCUT2D eigenvalue weighted by Gasteiger charge is 2.44. The summed E-state index contributed by atoms with van der Waals surface area (Å²) in [5, 5.41) is 0. The van der Waals surface area contributed by atoms with Gasteiger partial charge in [-0.2, -0.15) is 0 Å². The summed E-state index contributed by atoms with van der Waals surface area (Å²) in [6, 6.07) is 6.76. The van der Waals surface area contributed by atoms with E-state index in [4.69, 9.17) is 10.5 Å². The van der Waals surface area contributed by atoms with E-state index in [0.717, 1.165) is 5.69 Å². The summed E-state index contributed by atoms with van der Waals surface area (Å²) in [4.78, 5) is 30.6. The number of anilines is 1. The number of aromatic nitrogens is 2. The molecule has 0 fully saturated rings. The van der Waals surface area contributed by atoms with Crippen LogP contribution in [0.3, 0.4) is 0 Å². The van der Waals surface area contributed by atoms with E-state index < -0.39 is 23.1 Å². The summed E-state index contributed by atoms with van der Waals surface area (Å²) < 4.78 is 7.29. The lowest BCUT2D eigenvalue weighted by Gasteiger charge is -2.43. The van der Waals surface area contributed by atoms with Gasteiger partial charge in [-0.25, -0.2) is 14.6 Å². The van der Waals surface area contributed by atoms with Crippen LogP contribution in [0.25, 0.3) is 5.69 Å². The fraction of sp³-hybridized carbons (Fsp3) is 0.389. The number of carbonyl (C=O) groups excluding carboxylic acids is 2. The van der Waals surface area contributed by atoms with Crippen molar-refractivity contribution in [2.24, 2.45) is 5.73 Å². The largest absolute Gasteiger partial charge is 0.455 e. The van der Waals surface area contributed by atoms with Crippen LogP contribution in [-0.4, -0.2) is 27.2 Å². The van der Waals surface area contributed by atoms with E-state index in [1.807, 2.05) is 42.7 Å². The maximum atomic E-state index is 12.6. The van der Waals surface area contributed by atoms with Crippen molar-refractivity contribution in [2.45, 2.75) is 45.8 Å². The number of fused-ring (bicyclic) bond motifs is 3. The maximum absolute atomic E-state index is 12.6. The molecule has 1 aromatic heterocycles. The van der Waals surface area contributed by atoms with Crippen molar-refractivity contribution in [3.05, 3.63) is 42.0 Å². The molecular weight excluding hydrogens is 320 g/mol. The minimum absolute atomic E-state index is 0.181. The van der Waals surface area contributed by atoms with Gasteiger partial charge in [0.2, 0.25) is 0 Å². The number of nitrogens with zero attached hydrogens (tertiary/aromatic N) is 3. The molecule has 0 spiro atoms. The van der Waals surface area contributed by atoms with Crippen molar-refractivity contribution >= 4 is 17.7 Å². The number of primary amides is 1. The minimum Gasteiger partial charge on any atom is -0.455 e. The Morgan fingerprint density at radius 2 is 1.76 bits per heavy atom. The molecule has 0 saturated carbocycles. The molecule has 3 rings (SSSR count). The summed E-state index contributed by atoms with van der Waals surface area (Å²) >= 11 is 0. The second-order valence-corrected chi connectivity index (χ2v) is 7.54. The fourth-order valence-corrected chi connectivity index (χ4v) is 3.25. The molecule has 132 valence electrons. The maximum Gasteiger partial charge on any atom is 0.359 e. The van der Waals surface area contributed by atoms with Gasteiger partial charge >= 0.3 is 12.0 Å². The number of benzene rings is 1. The molecule has 1 aromatic carbocycles. The molecule has 0 atom stereocenters. The van der Waals surface area contributed by atoms with Crippen molar-refractivity contribution < 1.29 is 14.3 Å². The van der Waals surface area contributed by atoms with Crippen LogP contribution in [0.2, 0.25) is 0 Å². The van der Waals surface area contributed by atoms with Gasteiger partial charge in [0.15, 0.2) is 5.69 Å². The quantitative estimate of drug-likeness (QED) is 0.807. The van der Waals surface area contributed by atoms with Crippen LogP contribution in [0.1, 0.15) is 50.8 Å².